The number of carbonyl (C=O) groups excluding carboxylic acids is 2. The maximum absolute atomic E-state index is 14.1. The summed E-state index contributed by atoms with van der Waals surface area (Å²) in [6.45, 7) is 11.8. The zero-order valence-electron chi connectivity index (χ0n) is 24.3. The molecule has 2 heterocycles. The summed E-state index contributed by atoms with van der Waals surface area (Å²) in [5, 5.41) is 0. The van der Waals surface area contributed by atoms with Crippen LogP contribution in [-0.4, -0.2) is 59.9 Å². The molecule has 0 bridgehead atoms. The van der Waals surface area contributed by atoms with Crippen LogP contribution in [0.25, 0.3) is 0 Å². The van der Waals surface area contributed by atoms with Gasteiger partial charge in [0, 0.05) is 39.1 Å². The number of piperidine rings is 1. The Kier molecular flexibility index (Phi) is 8.28. The molecule has 2 aliphatic rings. The number of fused-ring (bicyclic) bond motifs is 1. The van der Waals surface area contributed by atoms with Crippen molar-refractivity contribution in [2.75, 3.05) is 33.2 Å². The molecule has 0 radical (unpaired) electrons. The van der Waals surface area contributed by atoms with Gasteiger partial charge >= 0.3 is 12.2 Å². The quantitative estimate of drug-likeness (QED) is 0.477. The number of carbonyl (C=O) groups is 2. The van der Waals surface area contributed by atoms with Crippen molar-refractivity contribution < 1.29 is 22.8 Å². The van der Waals surface area contributed by atoms with Crippen LogP contribution in [0.5, 0.6) is 0 Å². The van der Waals surface area contributed by atoms with E-state index in [4.69, 9.17) is 5.73 Å². The minimum Gasteiger partial charge on any atom is -0.369 e. The molecular formula is C31H41F3N4O2. The lowest BCUT2D eigenvalue weighted by molar-refractivity contribution is -0.137. The zero-order chi connectivity index (χ0) is 29.6. The maximum Gasteiger partial charge on any atom is 0.416 e. The summed E-state index contributed by atoms with van der Waals surface area (Å²) in [6, 6.07) is 11.1. The fourth-order valence-corrected chi connectivity index (χ4v) is 6.43. The number of nitrogens with zero attached hydrogens (tertiary/aromatic N) is 3. The van der Waals surface area contributed by atoms with Crippen molar-refractivity contribution in [2.45, 2.75) is 59.3 Å². The number of alkyl halides is 3. The number of rotatable bonds is 6. The number of urea groups is 1. The van der Waals surface area contributed by atoms with Gasteiger partial charge in [-0.2, -0.15) is 13.2 Å². The molecule has 40 heavy (non-hydrogen) atoms. The van der Waals surface area contributed by atoms with E-state index in [1.807, 2.05) is 43.9 Å². The molecule has 0 aliphatic carbocycles. The Labute approximate surface area is 235 Å². The summed E-state index contributed by atoms with van der Waals surface area (Å²) in [7, 11) is 1.67. The first-order chi connectivity index (χ1) is 18.6. The average molecular weight is 559 g/mol. The number of nitrogens with two attached hydrogens (primary N) is 1. The summed E-state index contributed by atoms with van der Waals surface area (Å²) >= 11 is 0. The van der Waals surface area contributed by atoms with Crippen LogP contribution in [0.4, 0.5) is 18.0 Å². The highest BCUT2D eigenvalue weighted by atomic mass is 19.4. The fraction of sp³-hybridized carbons (Fsp3) is 0.548. The van der Waals surface area contributed by atoms with E-state index in [0.29, 0.717) is 30.1 Å². The Morgan fingerprint density at radius 1 is 1.10 bits per heavy atom. The van der Waals surface area contributed by atoms with E-state index in [-0.39, 0.29) is 23.9 Å². The van der Waals surface area contributed by atoms with Crippen molar-refractivity contribution in [3.63, 3.8) is 0 Å². The van der Waals surface area contributed by atoms with E-state index in [1.54, 1.807) is 31.9 Å². The number of halogens is 3. The molecule has 2 aromatic rings. The number of benzene rings is 2. The summed E-state index contributed by atoms with van der Waals surface area (Å²) < 4.78 is 40.6. The van der Waals surface area contributed by atoms with Gasteiger partial charge in [-0.15, -0.1) is 0 Å². The molecule has 2 saturated heterocycles. The standard InChI is InChI=1S/C31H41F3N4O2/c1-19-13-23(15-24(14-19)31(32,33)34)21(3)36(6)29(40)38-12-11-22-16-37(18-30(4,5)28(35)39)17-26(22)27(38)25-10-8-7-9-20(25)2/h7-10,13-15,21-22,26-27H,11-12,16-18H2,1-6H3,(H2,35,39)/t21-,22-,26?,27+/m1/s1. The van der Waals surface area contributed by atoms with Crippen molar-refractivity contribution in [3.8, 4) is 0 Å². The zero-order valence-corrected chi connectivity index (χ0v) is 24.3. The lowest BCUT2D eigenvalue weighted by atomic mass is 9.78. The van der Waals surface area contributed by atoms with Crippen LogP contribution in [0.15, 0.2) is 42.5 Å². The first-order valence-corrected chi connectivity index (χ1v) is 13.9. The van der Waals surface area contributed by atoms with Gasteiger partial charge in [-0.05, 0) is 75.8 Å². The van der Waals surface area contributed by atoms with Crippen LogP contribution in [-0.2, 0) is 11.0 Å². The number of aryl methyl sites for hydroxylation is 2. The molecule has 1 unspecified atom stereocenters. The van der Waals surface area contributed by atoms with Gasteiger partial charge in [0.2, 0.25) is 5.91 Å². The maximum atomic E-state index is 14.1. The topological polar surface area (TPSA) is 69.9 Å². The second-order valence-electron chi connectivity index (χ2n) is 12.3. The second kappa shape index (κ2) is 11.1. The van der Waals surface area contributed by atoms with Gasteiger partial charge in [0.1, 0.15) is 0 Å². The first kappa shape index (κ1) is 29.9. The van der Waals surface area contributed by atoms with E-state index in [9.17, 15) is 22.8 Å². The van der Waals surface area contributed by atoms with Crippen LogP contribution in [0.2, 0.25) is 0 Å². The smallest absolute Gasteiger partial charge is 0.369 e. The van der Waals surface area contributed by atoms with E-state index in [2.05, 4.69) is 11.0 Å². The van der Waals surface area contributed by atoms with Gasteiger partial charge in [0.15, 0.2) is 0 Å². The van der Waals surface area contributed by atoms with Gasteiger partial charge in [-0.25, -0.2) is 4.79 Å². The summed E-state index contributed by atoms with van der Waals surface area (Å²) in [5.41, 5.74) is 7.41. The third kappa shape index (κ3) is 5.99. The highest BCUT2D eigenvalue weighted by Crippen LogP contribution is 2.46. The molecule has 218 valence electrons. The Morgan fingerprint density at radius 3 is 2.40 bits per heavy atom. The van der Waals surface area contributed by atoms with Crippen LogP contribution in [0.1, 0.15) is 67.1 Å². The second-order valence-corrected chi connectivity index (χ2v) is 12.3. The van der Waals surface area contributed by atoms with E-state index in [1.165, 1.54) is 0 Å². The van der Waals surface area contributed by atoms with Crippen molar-refractivity contribution in [1.29, 1.82) is 0 Å². The molecule has 0 saturated carbocycles. The monoisotopic (exact) mass is 558 g/mol. The number of primary amides is 1. The molecule has 2 N–H and O–H groups in total. The largest absolute Gasteiger partial charge is 0.416 e. The van der Waals surface area contributed by atoms with Gasteiger partial charge < -0.3 is 20.4 Å². The number of likely N-dealkylation sites (tertiary alicyclic amines) is 2. The predicted molar refractivity (Wildman–Crippen MR) is 149 cm³/mol. The van der Waals surface area contributed by atoms with Gasteiger partial charge in [0.25, 0.3) is 0 Å². The Balaban J connectivity index is 1.64. The molecule has 3 amide bonds. The Bertz CT molecular complexity index is 1260. The Hall–Kier alpha value is -3.07. The third-order valence-electron chi connectivity index (χ3n) is 8.88. The number of hydrogen-bond acceptors (Lipinski definition) is 3. The number of hydrogen-bond donors (Lipinski definition) is 1. The summed E-state index contributed by atoms with van der Waals surface area (Å²) in [5.74, 6) is 0.170. The van der Waals surface area contributed by atoms with Crippen LogP contribution in [0, 0.1) is 31.1 Å². The van der Waals surface area contributed by atoms with Crippen molar-refractivity contribution in [3.05, 3.63) is 70.3 Å². The van der Waals surface area contributed by atoms with Crippen molar-refractivity contribution >= 4 is 11.9 Å². The molecule has 2 aliphatic heterocycles. The van der Waals surface area contributed by atoms with Crippen molar-refractivity contribution in [2.24, 2.45) is 23.0 Å². The lowest BCUT2D eigenvalue weighted by Crippen LogP contribution is -2.51. The molecule has 6 nitrogen and oxygen atoms in total. The Morgan fingerprint density at radius 2 is 1.77 bits per heavy atom. The predicted octanol–water partition coefficient (Wildman–Crippen LogP) is 5.94. The highest BCUT2D eigenvalue weighted by Gasteiger charge is 2.48. The molecule has 4 atom stereocenters. The molecule has 0 aromatic heterocycles. The summed E-state index contributed by atoms with van der Waals surface area (Å²) in [4.78, 5) is 31.9. The minimum atomic E-state index is -4.46. The highest BCUT2D eigenvalue weighted by molar-refractivity contribution is 5.80. The molecule has 0 spiro atoms. The molecular weight excluding hydrogens is 517 g/mol. The molecule has 2 aromatic carbocycles. The number of amides is 3. The minimum absolute atomic E-state index is 0.155. The molecule has 9 heteroatoms. The third-order valence-corrected chi connectivity index (χ3v) is 8.88. The fourth-order valence-electron chi connectivity index (χ4n) is 6.43. The van der Waals surface area contributed by atoms with Crippen LogP contribution >= 0.6 is 0 Å². The molecule has 2 fully saturated rings. The SMILES string of the molecule is Cc1cc([C@@H](C)N(C)C(=O)N2CC[C@@H]3CN(CC(C)(C)C(N)=O)CC3[C@@H]2c2ccccc2C)cc(C(F)(F)F)c1. The van der Waals surface area contributed by atoms with Crippen LogP contribution < -0.4 is 5.73 Å². The molecule has 4 rings (SSSR count). The first-order valence-electron chi connectivity index (χ1n) is 13.9. The summed E-state index contributed by atoms with van der Waals surface area (Å²) in [6.07, 6.45) is -3.64. The van der Waals surface area contributed by atoms with Gasteiger partial charge in [-0.1, -0.05) is 35.9 Å². The lowest BCUT2D eigenvalue weighted by Gasteiger charge is -2.45. The normalized spacial score (nSPS) is 22.6. The average Bonchev–Trinajstić information content (AvgIpc) is 3.28. The van der Waals surface area contributed by atoms with E-state index >= 15 is 0 Å². The van der Waals surface area contributed by atoms with Gasteiger partial charge in [-0.3, -0.25) is 4.79 Å². The van der Waals surface area contributed by atoms with E-state index < -0.39 is 23.2 Å². The van der Waals surface area contributed by atoms with Crippen molar-refractivity contribution in [1.82, 2.24) is 14.7 Å². The van der Waals surface area contributed by atoms with E-state index in [0.717, 1.165) is 42.8 Å². The van der Waals surface area contributed by atoms with Gasteiger partial charge in [0.05, 0.1) is 23.1 Å². The van der Waals surface area contributed by atoms with Crippen LogP contribution in [0.3, 0.4) is 0 Å².